The Morgan fingerprint density at radius 1 is 1.35 bits per heavy atom. The van der Waals surface area contributed by atoms with Crippen LogP contribution in [0.2, 0.25) is 0 Å². The number of pyridine rings is 1. The Kier molecular flexibility index (Phi) is 4.20. The van der Waals surface area contributed by atoms with Crippen LogP contribution in [-0.4, -0.2) is 29.9 Å². The zero-order valence-corrected chi connectivity index (χ0v) is 10.4. The minimum absolute atomic E-state index is 0.0339. The van der Waals surface area contributed by atoms with Gasteiger partial charge in [-0.25, -0.2) is 4.98 Å². The van der Waals surface area contributed by atoms with Gasteiger partial charge in [0.05, 0.1) is 11.9 Å². The SMILES string of the molecule is O=C(CCl)Nc1ccc(N2CCCCC2)nc1. The topological polar surface area (TPSA) is 45.2 Å². The van der Waals surface area contributed by atoms with E-state index in [0.717, 1.165) is 18.9 Å². The first-order valence-electron chi connectivity index (χ1n) is 5.86. The minimum Gasteiger partial charge on any atom is -0.357 e. The first kappa shape index (κ1) is 12.2. The molecular weight excluding hydrogens is 238 g/mol. The van der Waals surface area contributed by atoms with Gasteiger partial charge in [0.1, 0.15) is 11.7 Å². The molecule has 92 valence electrons. The highest BCUT2D eigenvalue weighted by atomic mass is 35.5. The van der Waals surface area contributed by atoms with E-state index in [1.54, 1.807) is 6.20 Å². The molecule has 1 N–H and O–H groups in total. The van der Waals surface area contributed by atoms with Crippen LogP contribution in [0.5, 0.6) is 0 Å². The number of aromatic nitrogens is 1. The van der Waals surface area contributed by atoms with E-state index in [9.17, 15) is 4.79 Å². The van der Waals surface area contributed by atoms with Crippen molar-refractivity contribution in [3.63, 3.8) is 0 Å². The minimum atomic E-state index is -0.209. The molecule has 2 heterocycles. The Morgan fingerprint density at radius 3 is 2.71 bits per heavy atom. The molecule has 2 rings (SSSR count). The lowest BCUT2D eigenvalue weighted by atomic mass is 10.1. The number of hydrogen-bond acceptors (Lipinski definition) is 3. The highest BCUT2D eigenvalue weighted by molar-refractivity contribution is 6.29. The Labute approximate surface area is 106 Å². The van der Waals surface area contributed by atoms with Gasteiger partial charge in [-0.2, -0.15) is 0 Å². The third kappa shape index (κ3) is 3.33. The van der Waals surface area contributed by atoms with Gasteiger partial charge < -0.3 is 10.2 Å². The van der Waals surface area contributed by atoms with E-state index in [1.165, 1.54) is 19.3 Å². The quantitative estimate of drug-likeness (QED) is 0.841. The zero-order chi connectivity index (χ0) is 12.1. The van der Waals surface area contributed by atoms with E-state index >= 15 is 0 Å². The van der Waals surface area contributed by atoms with Crippen molar-refractivity contribution in [2.75, 3.05) is 29.2 Å². The molecule has 0 aromatic carbocycles. The van der Waals surface area contributed by atoms with Crippen LogP contribution in [0.1, 0.15) is 19.3 Å². The second-order valence-electron chi connectivity index (χ2n) is 4.13. The maximum Gasteiger partial charge on any atom is 0.239 e. The predicted molar refractivity (Wildman–Crippen MR) is 69.7 cm³/mol. The highest BCUT2D eigenvalue weighted by Gasteiger charge is 2.11. The number of nitrogens with zero attached hydrogens (tertiary/aromatic N) is 2. The lowest BCUT2D eigenvalue weighted by molar-refractivity contribution is -0.113. The van der Waals surface area contributed by atoms with Crippen molar-refractivity contribution >= 4 is 29.0 Å². The molecule has 4 nitrogen and oxygen atoms in total. The number of rotatable bonds is 3. The van der Waals surface area contributed by atoms with Crippen molar-refractivity contribution in [1.29, 1.82) is 0 Å². The van der Waals surface area contributed by atoms with E-state index in [0.29, 0.717) is 5.69 Å². The van der Waals surface area contributed by atoms with Gasteiger partial charge in [-0.1, -0.05) is 0 Å². The molecule has 0 unspecified atom stereocenters. The summed E-state index contributed by atoms with van der Waals surface area (Å²) in [5.41, 5.74) is 0.691. The summed E-state index contributed by atoms with van der Waals surface area (Å²) in [5.74, 6) is 0.737. The van der Waals surface area contributed by atoms with Crippen LogP contribution in [0.4, 0.5) is 11.5 Å². The molecule has 0 saturated carbocycles. The van der Waals surface area contributed by atoms with E-state index in [4.69, 9.17) is 11.6 Å². The largest absolute Gasteiger partial charge is 0.357 e. The van der Waals surface area contributed by atoms with Gasteiger partial charge in [-0.3, -0.25) is 4.79 Å². The Hall–Kier alpha value is -1.29. The van der Waals surface area contributed by atoms with Gasteiger partial charge in [-0.15, -0.1) is 11.6 Å². The lowest BCUT2D eigenvalue weighted by Crippen LogP contribution is -2.30. The Bertz CT molecular complexity index is 374. The maximum atomic E-state index is 11.1. The molecule has 1 aromatic rings. The molecule has 0 bridgehead atoms. The average Bonchev–Trinajstić information content (AvgIpc) is 2.40. The second-order valence-corrected chi connectivity index (χ2v) is 4.40. The highest BCUT2D eigenvalue weighted by Crippen LogP contribution is 2.18. The molecule has 1 aliphatic rings. The molecule has 1 aliphatic heterocycles. The van der Waals surface area contributed by atoms with Gasteiger partial charge in [0.15, 0.2) is 0 Å². The van der Waals surface area contributed by atoms with Crippen molar-refractivity contribution in [1.82, 2.24) is 4.98 Å². The molecule has 0 radical (unpaired) electrons. The van der Waals surface area contributed by atoms with Gasteiger partial charge >= 0.3 is 0 Å². The van der Waals surface area contributed by atoms with Crippen molar-refractivity contribution in [3.05, 3.63) is 18.3 Å². The van der Waals surface area contributed by atoms with Crippen LogP contribution in [0.15, 0.2) is 18.3 Å². The fourth-order valence-electron chi connectivity index (χ4n) is 1.96. The summed E-state index contributed by atoms with van der Waals surface area (Å²) >= 11 is 5.41. The number of carbonyl (C=O) groups is 1. The van der Waals surface area contributed by atoms with Crippen LogP contribution in [-0.2, 0) is 4.79 Å². The van der Waals surface area contributed by atoms with Crippen LogP contribution in [0.25, 0.3) is 0 Å². The molecule has 0 aliphatic carbocycles. The predicted octanol–water partition coefficient (Wildman–Crippen LogP) is 2.25. The van der Waals surface area contributed by atoms with Gasteiger partial charge in [0.25, 0.3) is 0 Å². The van der Waals surface area contributed by atoms with Crippen molar-refractivity contribution in [3.8, 4) is 0 Å². The zero-order valence-electron chi connectivity index (χ0n) is 9.66. The number of nitrogens with one attached hydrogen (secondary N) is 1. The first-order chi connectivity index (χ1) is 8.29. The smallest absolute Gasteiger partial charge is 0.239 e. The Balaban J connectivity index is 1.99. The number of halogens is 1. The lowest BCUT2D eigenvalue weighted by Gasteiger charge is -2.27. The van der Waals surface area contributed by atoms with Crippen LogP contribution >= 0.6 is 11.6 Å². The first-order valence-corrected chi connectivity index (χ1v) is 6.40. The summed E-state index contributed by atoms with van der Waals surface area (Å²) in [4.78, 5) is 17.7. The summed E-state index contributed by atoms with van der Waals surface area (Å²) < 4.78 is 0. The maximum absolute atomic E-state index is 11.1. The number of carbonyl (C=O) groups excluding carboxylic acids is 1. The summed E-state index contributed by atoms with van der Waals surface area (Å²) in [5, 5.41) is 2.67. The van der Waals surface area contributed by atoms with Gasteiger partial charge in [0.2, 0.25) is 5.91 Å². The summed E-state index contributed by atoms with van der Waals surface area (Å²) in [6.07, 6.45) is 5.44. The standard InChI is InChI=1S/C12H16ClN3O/c13-8-12(17)15-10-4-5-11(14-9-10)16-6-2-1-3-7-16/h4-5,9H,1-3,6-8H2,(H,15,17). The normalized spacial score (nSPS) is 15.7. The number of anilines is 2. The molecule has 1 fully saturated rings. The summed E-state index contributed by atoms with van der Waals surface area (Å²) in [6, 6.07) is 3.80. The fraction of sp³-hybridized carbons (Fsp3) is 0.500. The molecule has 1 saturated heterocycles. The van der Waals surface area contributed by atoms with E-state index < -0.39 is 0 Å². The third-order valence-corrected chi connectivity index (χ3v) is 3.08. The number of alkyl halides is 1. The van der Waals surface area contributed by atoms with Crippen molar-refractivity contribution in [2.24, 2.45) is 0 Å². The van der Waals surface area contributed by atoms with Crippen molar-refractivity contribution in [2.45, 2.75) is 19.3 Å². The summed E-state index contributed by atoms with van der Waals surface area (Å²) in [7, 11) is 0. The fourth-order valence-corrected chi connectivity index (χ4v) is 2.03. The average molecular weight is 254 g/mol. The monoisotopic (exact) mass is 253 g/mol. The van der Waals surface area contributed by atoms with Crippen LogP contribution in [0, 0.1) is 0 Å². The molecule has 17 heavy (non-hydrogen) atoms. The van der Waals surface area contributed by atoms with Gasteiger partial charge in [-0.05, 0) is 31.4 Å². The van der Waals surface area contributed by atoms with Gasteiger partial charge in [0, 0.05) is 13.1 Å². The number of hydrogen-bond donors (Lipinski definition) is 1. The molecule has 0 atom stereocenters. The molecule has 1 amide bonds. The molecular formula is C12H16ClN3O. The molecule has 5 heteroatoms. The Morgan fingerprint density at radius 2 is 2.12 bits per heavy atom. The second kappa shape index (κ2) is 5.87. The summed E-state index contributed by atoms with van der Waals surface area (Å²) in [6.45, 7) is 2.14. The van der Waals surface area contributed by atoms with Crippen LogP contribution < -0.4 is 10.2 Å². The van der Waals surface area contributed by atoms with E-state index in [2.05, 4.69) is 15.2 Å². The molecule has 0 spiro atoms. The number of piperidine rings is 1. The van der Waals surface area contributed by atoms with E-state index in [-0.39, 0.29) is 11.8 Å². The van der Waals surface area contributed by atoms with Crippen LogP contribution in [0.3, 0.4) is 0 Å². The van der Waals surface area contributed by atoms with Crippen molar-refractivity contribution < 1.29 is 4.79 Å². The van der Waals surface area contributed by atoms with E-state index in [1.807, 2.05) is 12.1 Å². The number of amides is 1. The third-order valence-electron chi connectivity index (χ3n) is 2.83. The molecule has 1 aromatic heterocycles.